The lowest BCUT2D eigenvalue weighted by molar-refractivity contribution is -0.384. The van der Waals surface area contributed by atoms with Gasteiger partial charge in [0.1, 0.15) is 5.69 Å². The molecule has 0 bridgehead atoms. The van der Waals surface area contributed by atoms with Gasteiger partial charge in [-0.2, -0.15) is 0 Å². The van der Waals surface area contributed by atoms with E-state index in [1.54, 1.807) is 19.2 Å². The average Bonchev–Trinajstić information content (AvgIpc) is 2.26. The molecule has 5 nitrogen and oxygen atoms in total. The van der Waals surface area contributed by atoms with Crippen LogP contribution in [-0.4, -0.2) is 27.2 Å². The maximum absolute atomic E-state index is 11.2. The number of anilines is 1. The van der Waals surface area contributed by atoms with Crippen LogP contribution in [0.5, 0.6) is 0 Å². The van der Waals surface area contributed by atoms with Crippen molar-refractivity contribution in [3.8, 4) is 0 Å². The van der Waals surface area contributed by atoms with E-state index in [-0.39, 0.29) is 10.9 Å². The standard InChI is InChI=1S/C11H16N2O3S/c1-8-4-5-10(11(6-8)13(14)15)12-7-9(2)17(3)16/h4-6,9,12H,7H2,1-3H3. The largest absolute Gasteiger partial charge is 0.378 e. The predicted molar refractivity (Wildman–Crippen MR) is 69.9 cm³/mol. The number of hydrogen-bond donors (Lipinski definition) is 1. The minimum Gasteiger partial charge on any atom is -0.378 e. The fourth-order valence-corrected chi connectivity index (χ4v) is 1.63. The van der Waals surface area contributed by atoms with Crippen molar-refractivity contribution >= 4 is 22.2 Å². The quantitative estimate of drug-likeness (QED) is 0.646. The fraction of sp³-hybridized carbons (Fsp3) is 0.455. The molecule has 6 heteroatoms. The third-order valence-corrected chi connectivity index (χ3v) is 3.80. The number of nitrogens with one attached hydrogen (secondary N) is 1. The van der Waals surface area contributed by atoms with Gasteiger partial charge in [0, 0.05) is 34.9 Å². The van der Waals surface area contributed by atoms with Crippen molar-refractivity contribution in [3.05, 3.63) is 33.9 Å². The molecule has 1 rings (SSSR count). The van der Waals surface area contributed by atoms with E-state index in [0.717, 1.165) is 5.56 Å². The lowest BCUT2D eigenvalue weighted by Gasteiger charge is -2.11. The molecular weight excluding hydrogens is 240 g/mol. The van der Waals surface area contributed by atoms with E-state index in [9.17, 15) is 14.3 Å². The Balaban J connectivity index is 2.84. The van der Waals surface area contributed by atoms with Gasteiger partial charge in [0.15, 0.2) is 0 Å². The molecule has 0 saturated heterocycles. The summed E-state index contributed by atoms with van der Waals surface area (Å²) >= 11 is 0. The number of nitro groups is 1. The normalized spacial score (nSPS) is 14.1. The van der Waals surface area contributed by atoms with E-state index in [2.05, 4.69) is 5.32 Å². The van der Waals surface area contributed by atoms with Gasteiger partial charge in [-0.15, -0.1) is 0 Å². The van der Waals surface area contributed by atoms with Crippen molar-refractivity contribution in [2.45, 2.75) is 19.1 Å². The van der Waals surface area contributed by atoms with Crippen LogP contribution in [0.15, 0.2) is 18.2 Å². The number of hydrogen-bond acceptors (Lipinski definition) is 4. The van der Waals surface area contributed by atoms with E-state index < -0.39 is 15.7 Å². The summed E-state index contributed by atoms with van der Waals surface area (Å²) in [7, 11) is -0.938. The van der Waals surface area contributed by atoms with Crippen molar-refractivity contribution in [2.75, 3.05) is 18.1 Å². The van der Waals surface area contributed by atoms with Crippen LogP contribution in [0.4, 0.5) is 11.4 Å². The Kier molecular flexibility index (Phi) is 4.62. The van der Waals surface area contributed by atoms with Crippen molar-refractivity contribution in [2.24, 2.45) is 0 Å². The minimum absolute atomic E-state index is 0.0455. The molecule has 0 aliphatic heterocycles. The number of nitro benzene ring substituents is 1. The first-order valence-corrected chi connectivity index (χ1v) is 6.85. The average molecular weight is 256 g/mol. The van der Waals surface area contributed by atoms with Crippen LogP contribution in [0.1, 0.15) is 12.5 Å². The van der Waals surface area contributed by atoms with Gasteiger partial charge in [-0.1, -0.05) is 6.07 Å². The molecule has 1 aromatic rings. The molecule has 0 saturated carbocycles. The summed E-state index contributed by atoms with van der Waals surface area (Å²) in [6.07, 6.45) is 1.62. The first-order chi connectivity index (χ1) is 7.91. The molecule has 17 heavy (non-hydrogen) atoms. The monoisotopic (exact) mass is 256 g/mol. The highest BCUT2D eigenvalue weighted by Gasteiger charge is 2.14. The zero-order valence-corrected chi connectivity index (χ0v) is 10.9. The minimum atomic E-state index is -0.938. The van der Waals surface area contributed by atoms with Gasteiger partial charge >= 0.3 is 0 Å². The maximum Gasteiger partial charge on any atom is 0.292 e. The molecule has 0 amide bonds. The van der Waals surface area contributed by atoms with Crippen LogP contribution in [0.25, 0.3) is 0 Å². The molecule has 0 spiro atoms. The van der Waals surface area contributed by atoms with Crippen LogP contribution in [-0.2, 0) is 10.8 Å². The number of benzene rings is 1. The number of aryl methyl sites for hydroxylation is 1. The van der Waals surface area contributed by atoms with Crippen molar-refractivity contribution in [3.63, 3.8) is 0 Å². The summed E-state index contributed by atoms with van der Waals surface area (Å²) in [5.74, 6) is 0. The number of nitrogens with zero attached hydrogens (tertiary/aromatic N) is 1. The van der Waals surface area contributed by atoms with Gasteiger partial charge in [0.25, 0.3) is 5.69 Å². The van der Waals surface area contributed by atoms with Gasteiger partial charge in [0.2, 0.25) is 0 Å². The van der Waals surface area contributed by atoms with E-state index in [1.165, 1.54) is 6.07 Å². The first-order valence-electron chi connectivity index (χ1n) is 5.23. The Morgan fingerprint density at radius 3 is 2.71 bits per heavy atom. The Labute approximate surface area is 103 Å². The molecule has 94 valence electrons. The van der Waals surface area contributed by atoms with Gasteiger partial charge in [0.05, 0.1) is 4.92 Å². The van der Waals surface area contributed by atoms with Crippen molar-refractivity contribution in [1.29, 1.82) is 0 Å². The molecule has 1 N–H and O–H groups in total. The molecule has 2 unspecified atom stereocenters. The zero-order valence-electron chi connectivity index (χ0n) is 10.1. The molecule has 1 aromatic carbocycles. The van der Waals surface area contributed by atoms with Gasteiger partial charge < -0.3 is 5.32 Å². The summed E-state index contributed by atoms with van der Waals surface area (Å²) in [6.45, 7) is 4.09. The van der Waals surface area contributed by atoms with Crippen LogP contribution >= 0.6 is 0 Å². The first kappa shape index (κ1) is 13.6. The summed E-state index contributed by atoms with van der Waals surface area (Å²) in [5, 5.41) is 13.8. The van der Waals surface area contributed by atoms with Crippen LogP contribution in [0.2, 0.25) is 0 Å². The molecule has 0 aliphatic carbocycles. The lowest BCUT2D eigenvalue weighted by Crippen LogP contribution is -2.21. The van der Waals surface area contributed by atoms with E-state index >= 15 is 0 Å². The van der Waals surface area contributed by atoms with E-state index in [1.807, 2.05) is 13.0 Å². The number of rotatable bonds is 5. The second kappa shape index (κ2) is 5.77. The lowest BCUT2D eigenvalue weighted by atomic mass is 10.2. The molecule has 0 aliphatic rings. The zero-order chi connectivity index (χ0) is 13.0. The maximum atomic E-state index is 11.2. The molecule has 0 fully saturated rings. The molecule has 0 radical (unpaired) electrons. The smallest absolute Gasteiger partial charge is 0.292 e. The molecule has 0 heterocycles. The van der Waals surface area contributed by atoms with Crippen molar-refractivity contribution < 1.29 is 9.13 Å². The molecule has 0 aromatic heterocycles. The fourth-order valence-electron chi connectivity index (χ4n) is 1.31. The molecule has 2 atom stereocenters. The topological polar surface area (TPSA) is 72.2 Å². The third-order valence-electron chi connectivity index (χ3n) is 2.50. The SMILES string of the molecule is Cc1ccc(NCC(C)S(C)=O)c([N+](=O)[O-])c1. The van der Waals surface area contributed by atoms with Crippen LogP contribution in [0, 0.1) is 17.0 Å². The highest BCUT2D eigenvalue weighted by Crippen LogP contribution is 2.25. The Hall–Kier alpha value is -1.43. The Bertz CT molecular complexity index is 448. The molecular formula is C11H16N2O3S. The highest BCUT2D eigenvalue weighted by atomic mass is 32.2. The third kappa shape index (κ3) is 3.81. The van der Waals surface area contributed by atoms with Gasteiger partial charge in [-0.05, 0) is 25.5 Å². The highest BCUT2D eigenvalue weighted by molar-refractivity contribution is 7.84. The summed E-state index contributed by atoms with van der Waals surface area (Å²) < 4.78 is 11.2. The van der Waals surface area contributed by atoms with Crippen LogP contribution in [0.3, 0.4) is 0 Å². The summed E-state index contributed by atoms with van der Waals surface area (Å²) in [4.78, 5) is 10.4. The predicted octanol–water partition coefficient (Wildman–Crippen LogP) is 2.08. The van der Waals surface area contributed by atoms with E-state index in [0.29, 0.717) is 12.2 Å². The Morgan fingerprint density at radius 2 is 2.18 bits per heavy atom. The summed E-state index contributed by atoms with van der Waals surface area (Å²) in [5.41, 5.74) is 1.37. The van der Waals surface area contributed by atoms with E-state index in [4.69, 9.17) is 0 Å². The Morgan fingerprint density at radius 1 is 1.53 bits per heavy atom. The second-order valence-corrected chi connectivity index (χ2v) is 5.77. The second-order valence-electron chi connectivity index (χ2n) is 3.97. The van der Waals surface area contributed by atoms with Crippen LogP contribution < -0.4 is 5.32 Å². The van der Waals surface area contributed by atoms with Gasteiger partial charge in [-0.3, -0.25) is 14.3 Å². The van der Waals surface area contributed by atoms with Crippen molar-refractivity contribution in [1.82, 2.24) is 0 Å². The van der Waals surface area contributed by atoms with Gasteiger partial charge in [-0.25, -0.2) is 0 Å². The summed E-state index contributed by atoms with van der Waals surface area (Å²) in [6, 6.07) is 5.01.